The van der Waals surface area contributed by atoms with Crippen molar-refractivity contribution in [2.24, 2.45) is 34.5 Å². The van der Waals surface area contributed by atoms with E-state index in [2.05, 4.69) is 6.92 Å². The van der Waals surface area contributed by atoms with E-state index in [0.717, 1.165) is 32.1 Å². The van der Waals surface area contributed by atoms with Crippen LogP contribution in [-0.2, 0) is 19.1 Å². The van der Waals surface area contributed by atoms with Crippen molar-refractivity contribution in [1.29, 1.82) is 0 Å². The Morgan fingerprint density at radius 2 is 1.88 bits per heavy atom. The maximum atomic E-state index is 12.7. The number of fused-ring (bicyclic) bond motifs is 3. The van der Waals surface area contributed by atoms with Gasteiger partial charge in [-0.2, -0.15) is 0 Å². The van der Waals surface area contributed by atoms with Gasteiger partial charge in [0.25, 0.3) is 0 Å². The fourth-order valence-electron chi connectivity index (χ4n) is 6.49. The van der Waals surface area contributed by atoms with Gasteiger partial charge in [0.15, 0.2) is 0 Å². The molecule has 6 atom stereocenters. The molecule has 0 radical (unpaired) electrons. The van der Waals surface area contributed by atoms with E-state index < -0.39 is 11.4 Å². The molecule has 3 aliphatic carbocycles. The van der Waals surface area contributed by atoms with Gasteiger partial charge in [-0.3, -0.25) is 14.4 Å². The minimum absolute atomic E-state index is 0.0358. The number of aliphatic carboxylic acids is 1. The quantitative estimate of drug-likeness (QED) is 0.786. The predicted molar refractivity (Wildman–Crippen MR) is 91.8 cm³/mol. The first-order valence-corrected chi connectivity index (χ1v) is 9.57. The smallest absolute Gasteiger partial charge is 0.309 e. The van der Waals surface area contributed by atoms with Gasteiger partial charge in [0, 0.05) is 18.3 Å². The number of hydrogen-bond donors (Lipinski definition) is 1. The van der Waals surface area contributed by atoms with Crippen LogP contribution in [0.15, 0.2) is 0 Å². The Labute approximate surface area is 149 Å². The van der Waals surface area contributed by atoms with E-state index in [1.54, 1.807) is 0 Å². The number of methoxy groups -OCH3 is 1. The van der Waals surface area contributed by atoms with Gasteiger partial charge in [-0.25, -0.2) is 0 Å². The third kappa shape index (κ3) is 2.80. The van der Waals surface area contributed by atoms with Crippen molar-refractivity contribution in [2.45, 2.75) is 65.2 Å². The van der Waals surface area contributed by atoms with Crippen LogP contribution in [0.25, 0.3) is 0 Å². The summed E-state index contributed by atoms with van der Waals surface area (Å²) >= 11 is 0. The van der Waals surface area contributed by atoms with Crippen LogP contribution in [0.5, 0.6) is 0 Å². The molecule has 0 aromatic rings. The predicted octanol–water partition coefficient (Wildman–Crippen LogP) is 3.45. The van der Waals surface area contributed by atoms with Crippen molar-refractivity contribution in [3.63, 3.8) is 0 Å². The molecule has 0 aromatic carbocycles. The van der Waals surface area contributed by atoms with Crippen LogP contribution in [-0.4, -0.2) is 29.9 Å². The molecule has 25 heavy (non-hydrogen) atoms. The van der Waals surface area contributed by atoms with Crippen molar-refractivity contribution in [2.75, 3.05) is 7.11 Å². The molecule has 140 valence electrons. The summed E-state index contributed by atoms with van der Waals surface area (Å²) in [5, 5.41) is 9.09. The Balaban J connectivity index is 1.86. The summed E-state index contributed by atoms with van der Waals surface area (Å²) in [6.07, 6.45) is 5.65. The zero-order valence-corrected chi connectivity index (χ0v) is 15.5. The second-order valence-electron chi connectivity index (χ2n) is 8.85. The van der Waals surface area contributed by atoms with Crippen LogP contribution in [0.1, 0.15) is 65.2 Å². The second kappa shape index (κ2) is 6.40. The van der Waals surface area contributed by atoms with Crippen LogP contribution >= 0.6 is 0 Å². The fourth-order valence-corrected chi connectivity index (χ4v) is 6.49. The van der Waals surface area contributed by atoms with Crippen LogP contribution in [0.4, 0.5) is 0 Å². The topological polar surface area (TPSA) is 80.7 Å². The zero-order valence-electron chi connectivity index (χ0n) is 15.5. The fraction of sp³-hybridized carbons (Fsp3) is 0.850. The highest BCUT2D eigenvalue weighted by Crippen LogP contribution is 2.64. The van der Waals surface area contributed by atoms with Crippen molar-refractivity contribution >= 4 is 17.7 Å². The Bertz CT molecular complexity index is 585. The Morgan fingerprint density at radius 3 is 2.52 bits per heavy atom. The summed E-state index contributed by atoms with van der Waals surface area (Å²) in [4.78, 5) is 36.0. The molecule has 0 bridgehead atoms. The normalized spacial score (nSPS) is 43.2. The molecular formula is C20H30O5. The Kier molecular flexibility index (Phi) is 4.71. The number of hydrogen-bond acceptors (Lipinski definition) is 4. The number of carbonyl (C=O) groups is 3. The van der Waals surface area contributed by atoms with Crippen molar-refractivity contribution in [3.8, 4) is 0 Å². The van der Waals surface area contributed by atoms with E-state index in [-0.39, 0.29) is 35.4 Å². The largest absolute Gasteiger partial charge is 0.481 e. The molecule has 0 spiro atoms. The van der Waals surface area contributed by atoms with E-state index in [0.29, 0.717) is 24.7 Å². The molecule has 3 saturated carbocycles. The summed E-state index contributed by atoms with van der Waals surface area (Å²) in [5.74, 6) is 0.389. The monoisotopic (exact) mass is 350 g/mol. The molecule has 3 fully saturated rings. The maximum Gasteiger partial charge on any atom is 0.309 e. The van der Waals surface area contributed by atoms with Crippen molar-refractivity contribution in [3.05, 3.63) is 0 Å². The first-order chi connectivity index (χ1) is 11.7. The molecule has 0 saturated heterocycles. The van der Waals surface area contributed by atoms with Crippen LogP contribution in [0.3, 0.4) is 0 Å². The number of Topliss-reactive ketones (excluding diaryl/α,β-unsaturated/α-hetero) is 1. The highest BCUT2D eigenvalue weighted by molar-refractivity contribution is 5.86. The lowest BCUT2D eigenvalue weighted by Gasteiger charge is -2.55. The molecule has 3 unspecified atom stereocenters. The van der Waals surface area contributed by atoms with E-state index in [1.165, 1.54) is 7.11 Å². The second-order valence-corrected chi connectivity index (χ2v) is 8.85. The highest BCUT2D eigenvalue weighted by Gasteiger charge is 2.60. The highest BCUT2D eigenvalue weighted by atomic mass is 16.5. The van der Waals surface area contributed by atoms with Crippen molar-refractivity contribution < 1.29 is 24.2 Å². The van der Waals surface area contributed by atoms with E-state index >= 15 is 0 Å². The SMILES string of the molecule is COC(=O)[C@H]1CCC2C3CCC(=O)[C@](C)(CCC(=O)O)C3CC[C@@]21C. The number of ketones is 1. The maximum absolute atomic E-state index is 12.7. The first kappa shape index (κ1) is 18.4. The molecule has 0 aliphatic heterocycles. The summed E-state index contributed by atoms with van der Waals surface area (Å²) in [6.45, 7) is 4.22. The summed E-state index contributed by atoms with van der Waals surface area (Å²) in [7, 11) is 1.47. The van der Waals surface area contributed by atoms with Gasteiger partial charge >= 0.3 is 11.9 Å². The van der Waals surface area contributed by atoms with Crippen LogP contribution < -0.4 is 0 Å². The third-order valence-electron chi connectivity index (χ3n) is 7.94. The molecule has 0 heterocycles. The number of carboxylic acid groups (broad SMARTS) is 1. The first-order valence-electron chi connectivity index (χ1n) is 9.57. The summed E-state index contributed by atoms with van der Waals surface area (Å²) in [5.41, 5.74) is -0.561. The van der Waals surface area contributed by atoms with Crippen molar-refractivity contribution in [1.82, 2.24) is 0 Å². The molecule has 1 N–H and O–H groups in total. The average Bonchev–Trinajstić information content (AvgIpc) is 2.93. The molecular weight excluding hydrogens is 320 g/mol. The molecule has 5 nitrogen and oxygen atoms in total. The molecule has 0 aromatic heterocycles. The number of rotatable bonds is 4. The Hall–Kier alpha value is -1.39. The number of carboxylic acids is 1. The van der Waals surface area contributed by atoms with Gasteiger partial charge in [0.1, 0.15) is 5.78 Å². The van der Waals surface area contributed by atoms with Gasteiger partial charge in [-0.1, -0.05) is 13.8 Å². The van der Waals surface area contributed by atoms with Crippen LogP contribution in [0.2, 0.25) is 0 Å². The third-order valence-corrected chi connectivity index (χ3v) is 7.94. The van der Waals surface area contributed by atoms with Gasteiger partial charge in [-0.15, -0.1) is 0 Å². The number of ether oxygens (including phenoxy) is 1. The van der Waals surface area contributed by atoms with E-state index in [1.807, 2.05) is 6.92 Å². The summed E-state index contributed by atoms with van der Waals surface area (Å²) < 4.78 is 5.05. The molecule has 3 aliphatic rings. The van der Waals surface area contributed by atoms with E-state index in [4.69, 9.17) is 9.84 Å². The molecule has 5 heteroatoms. The van der Waals surface area contributed by atoms with Gasteiger partial charge in [0.2, 0.25) is 0 Å². The lowest BCUT2D eigenvalue weighted by molar-refractivity contribution is -0.158. The number of esters is 1. The zero-order chi connectivity index (χ0) is 18.4. The minimum Gasteiger partial charge on any atom is -0.481 e. The minimum atomic E-state index is -0.830. The molecule has 0 amide bonds. The van der Waals surface area contributed by atoms with Gasteiger partial charge in [0.05, 0.1) is 13.0 Å². The molecule has 3 rings (SSSR count). The number of carbonyl (C=O) groups excluding carboxylic acids is 2. The Morgan fingerprint density at radius 1 is 1.16 bits per heavy atom. The lowest BCUT2D eigenvalue weighted by atomic mass is 9.48. The average molecular weight is 350 g/mol. The van der Waals surface area contributed by atoms with Gasteiger partial charge < -0.3 is 9.84 Å². The standard InChI is InChI=1S/C20H30O5/c1-19-10-8-14-12(13(19)5-6-15(19)18(24)25-3)4-7-16(21)20(14,2)11-9-17(22)23/h12-15H,4-11H2,1-3H3,(H,22,23)/t12?,13?,14?,15-,19+,20-/m1/s1. The van der Waals surface area contributed by atoms with E-state index in [9.17, 15) is 14.4 Å². The lowest BCUT2D eigenvalue weighted by Crippen LogP contribution is -2.53. The summed E-state index contributed by atoms with van der Waals surface area (Å²) in [6, 6.07) is 0. The van der Waals surface area contributed by atoms with Crippen LogP contribution in [0, 0.1) is 34.5 Å². The van der Waals surface area contributed by atoms with Gasteiger partial charge in [-0.05, 0) is 61.7 Å².